The fraction of sp³-hybridized carbons (Fsp3) is 0.300. The SMILES string of the molecule is CC(C)CNc1cc2c(cc1C(F)(F)F)N(c1cccc(Br)c1)C(=O)CC=N2. The molecule has 2 aromatic rings. The largest absolute Gasteiger partial charge is 0.418 e. The molecule has 2 aromatic carbocycles. The highest BCUT2D eigenvalue weighted by molar-refractivity contribution is 9.10. The second kappa shape index (κ2) is 7.95. The predicted molar refractivity (Wildman–Crippen MR) is 109 cm³/mol. The van der Waals surface area contributed by atoms with Gasteiger partial charge >= 0.3 is 6.18 Å². The van der Waals surface area contributed by atoms with Gasteiger partial charge in [0.15, 0.2) is 0 Å². The van der Waals surface area contributed by atoms with Crippen LogP contribution in [0.4, 0.5) is 35.9 Å². The molecule has 28 heavy (non-hydrogen) atoms. The molecule has 148 valence electrons. The van der Waals surface area contributed by atoms with Crippen molar-refractivity contribution in [2.75, 3.05) is 16.8 Å². The molecule has 3 rings (SSSR count). The van der Waals surface area contributed by atoms with E-state index in [4.69, 9.17) is 0 Å². The number of rotatable bonds is 4. The van der Waals surface area contributed by atoms with Crippen LogP contribution in [0.5, 0.6) is 0 Å². The molecule has 0 radical (unpaired) electrons. The molecule has 1 N–H and O–H groups in total. The molecule has 1 amide bonds. The number of carbonyl (C=O) groups is 1. The highest BCUT2D eigenvalue weighted by Crippen LogP contribution is 2.45. The lowest BCUT2D eigenvalue weighted by Gasteiger charge is -2.25. The summed E-state index contributed by atoms with van der Waals surface area (Å²) in [5.74, 6) is -0.181. The van der Waals surface area contributed by atoms with E-state index in [0.29, 0.717) is 17.9 Å². The highest BCUT2D eigenvalue weighted by Gasteiger charge is 2.36. The van der Waals surface area contributed by atoms with Crippen molar-refractivity contribution in [1.29, 1.82) is 0 Å². The van der Waals surface area contributed by atoms with Crippen molar-refractivity contribution in [2.45, 2.75) is 26.4 Å². The van der Waals surface area contributed by atoms with E-state index in [0.717, 1.165) is 10.5 Å². The van der Waals surface area contributed by atoms with Gasteiger partial charge in [0.05, 0.1) is 29.0 Å². The van der Waals surface area contributed by atoms with Gasteiger partial charge in [-0.25, -0.2) is 0 Å². The molecule has 1 aliphatic rings. The van der Waals surface area contributed by atoms with Crippen molar-refractivity contribution < 1.29 is 18.0 Å². The maximum absolute atomic E-state index is 13.7. The van der Waals surface area contributed by atoms with E-state index in [-0.39, 0.29) is 29.6 Å². The van der Waals surface area contributed by atoms with Gasteiger partial charge in [-0.2, -0.15) is 13.2 Å². The van der Waals surface area contributed by atoms with Crippen LogP contribution in [-0.2, 0) is 11.0 Å². The maximum Gasteiger partial charge on any atom is 0.418 e. The second-order valence-corrected chi connectivity index (χ2v) is 7.80. The molecule has 0 saturated carbocycles. The lowest BCUT2D eigenvalue weighted by molar-refractivity contribution is -0.137. The number of alkyl halides is 3. The molecule has 0 unspecified atom stereocenters. The first-order valence-electron chi connectivity index (χ1n) is 8.77. The van der Waals surface area contributed by atoms with Crippen molar-refractivity contribution in [2.24, 2.45) is 10.9 Å². The Morgan fingerprint density at radius 3 is 2.64 bits per heavy atom. The third kappa shape index (κ3) is 4.38. The first-order valence-corrected chi connectivity index (χ1v) is 9.56. The van der Waals surface area contributed by atoms with Crippen molar-refractivity contribution in [3.05, 3.63) is 46.4 Å². The van der Waals surface area contributed by atoms with Crippen LogP contribution in [-0.4, -0.2) is 18.7 Å². The van der Waals surface area contributed by atoms with E-state index in [1.807, 2.05) is 13.8 Å². The summed E-state index contributed by atoms with van der Waals surface area (Å²) < 4.78 is 42.0. The van der Waals surface area contributed by atoms with Crippen LogP contribution < -0.4 is 10.2 Å². The summed E-state index contributed by atoms with van der Waals surface area (Å²) in [6, 6.07) is 9.23. The fourth-order valence-corrected chi connectivity index (χ4v) is 3.29. The molecule has 0 atom stereocenters. The Labute approximate surface area is 169 Å². The summed E-state index contributed by atoms with van der Waals surface area (Å²) in [5.41, 5.74) is 0.0314. The predicted octanol–water partition coefficient (Wildman–Crippen LogP) is 6.31. The molecular formula is C20H19BrF3N3O. The van der Waals surface area contributed by atoms with Gasteiger partial charge in [-0.3, -0.25) is 14.7 Å². The van der Waals surface area contributed by atoms with Gasteiger partial charge < -0.3 is 5.32 Å². The average Bonchev–Trinajstić information content (AvgIpc) is 2.76. The topological polar surface area (TPSA) is 44.7 Å². The Balaban J connectivity index is 2.19. The number of amides is 1. The van der Waals surface area contributed by atoms with E-state index in [9.17, 15) is 18.0 Å². The molecule has 0 aromatic heterocycles. The maximum atomic E-state index is 13.7. The second-order valence-electron chi connectivity index (χ2n) is 6.88. The first-order chi connectivity index (χ1) is 13.2. The molecule has 8 heteroatoms. The Kier molecular flexibility index (Phi) is 5.79. The third-order valence-corrected chi connectivity index (χ3v) is 4.67. The minimum atomic E-state index is -4.57. The first kappa shape index (κ1) is 20.4. The average molecular weight is 454 g/mol. The minimum Gasteiger partial charge on any atom is -0.384 e. The van der Waals surface area contributed by atoms with Crippen molar-refractivity contribution in [3.63, 3.8) is 0 Å². The van der Waals surface area contributed by atoms with Gasteiger partial charge in [-0.1, -0.05) is 35.8 Å². The van der Waals surface area contributed by atoms with Crippen LogP contribution in [0.3, 0.4) is 0 Å². The zero-order chi connectivity index (χ0) is 20.5. The fourth-order valence-electron chi connectivity index (χ4n) is 2.90. The number of carbonyl (C=O) groups excluding carboxylic acids is 1. The molecule has 0 bridgehead atoms. The molecule has 0 aliphatic carbocycles. The molecule has 4 nitrogen and oxygen atoms in total. The van der Waals surface area contributed by atoms with Crippen molar-refractivity contribution in [3.8, 4) is 0 Å². The van der Waals surface area contributed by atoms with E-state index >= 15 is 0 Å². The van der Waals surface area contributed by atoms with E-state index in [1.165, 1.54) is 17.2 Å². The minimum absolute atomic E-state index is 0.00268. The molecule has 1 aliphatic heterocycles. The Morgan fingerprint density at radius 2 is 2.00 bits per heavy atom. The number of hydrogen-bond acceptors (Lipinski definition) is 3. The van der Waals surface area contributed by atoms with Crippen LogP contribution >= 0.6 is 15.9 Å². The Hall–Kier alpha value is -2.35. The van der Waals surface area contributed by atoms with Crippen LogP contribution in [0.25, 0.3) is 0 Å². The summed E-state index contributed by atoms with van der Waals surface area (Å²) in [6.07, 6.45) is -3.15. The number of anilines is 3. The van der Waals surface area contributed by atoms with Crippen LogP contribution in [0, 0.1) is 5.92 Å². The van der Waals surface area contributed by atoms with Gasteiger partial charge in [0, 0.05) is 22.9 Å². The van der Waals surface area contributed by atoms with E-state index < -0.39 is 11.7 Å². The zero-order valence-electron chi connectivity index (χ0n) is 15.3. The molecule has 0 saturated heterocycles. The van der Waals surface area contributed by atoms with Crippen LogP contribution in [0.1, 0.15) is 25.8 Å². The summed E-state index contributed by atoms with van der Waals surface area (Å²) in [7, 11) is 0. The van der Waals surface area contributed by atoms with Crippen molar-refractivity contribution in [1.82, 2.24) is 0 Å². The lowest BCUT2D eigenvalue weighted by Crippen LogP contribution is -2.25. The molecular weight excluding hydrogens is 435 g/mol. The monoisotopic (exact) mass is 453 g/mol. The van der Waals surface area contributed by atoms with Crippen LogP contribution in [0.2, 0.25) is 0 Å². The number of hydrogen-bond donors (Lipinski definition) is 1. The number of nitrogens with one attached hydrogen (secondary N) is 1. The van der Waals surface area contributed by atoms with Gasteiger partial charge in [0.1, 0.15) is 0 Å². The number of fused-ring (bicyclic) bond motifs is 1. The number of halogens is 4. The molecule has 0 spiro atoms. The van der Waals surface area contributed by atoms with Gasteiger partial charge in [0.2, 0.25) is 5.91 Å². The smallest absolute Gasteiger partial charge is 0.384 e. The zero-order valence-corrected chi connectivity index (χ0v) is 16.9. The molecule has 1 heterocycles. The molecule has 0 fully saturated rings. The highest BCUT2D eigenvalue weighted by atomic mass is 79.9. The van der Waals surface area contributed by atoms with Gasteiger partial charge in [-0.05, 0) is 36.2 Å². The quantitative estimate of drug-likeness (QED) is 0.589. The standard InChI is InChI=1S/C20H19BrF3N3O/c1-12(2)11-26-16-10-17-18(9-15(16)20(22,23)24)27(19(28)6-7-25-17)14-5-3-4-13(21)8-14/h3-5,7-10,12,26H,6,11H2,1-2H3. The normalized spacial score (nSPS) is 14.2. The number of benzene rings is 2. The van der Waals surface area contributed by atoms with Crippen molar-refractivity contribution >= 4 is 50.8 Å². The van der Waals surface area contributed by atoms with Gasteiger partial charge in [0.25, 0.3) is 0 Å². The third-order valence-electron chi connectivity index (χ3n) is 4.17. The summed E-state index contributed by atoms with van der Waals surface area (Å²) in [4.78, 5) is 18.2. The van der Waals surface area contributed by atoms with Gasteiger partial charge in [-0.15, -0.1) is 0 Å². The summed E-state index contributed by atoms with van der Waals surface area (Å²) in [6.45, 7) is 4.21. The number of aliphatic imine (C=N–C) groups is 1. The Morgan fingerprint density at radius 1 is 1.25 bits per heavy atom. The summed E-state index contributed by atoms with van der Waals surface area (Å²) >= 11 is 3.34. The lowest BCUT2D eigenvalue weighted by atomic mass is 10.1. The summed E-state index contributed by atoms with van der Waals surface area (Å²) in [5, 5.41) is 2.86. The van der Waals surface area contributed by atoms with E-state index in [1.54, 1.807) is 24.3 Å². The van der Waals surface area contributed by atoms with Crippen LogP contribution in [0.15, 0.2) is 45.9 Å². The van der Waals surface area contributed by atoms with E-state index in [2.05, 4.69) is 26.2 Å². The Bertz CT molecular complexity index is 925. The number of nitrogens with zero attached hydrogens (tertiary/aromatic N) is 2.